The van der Waals surface area contributed by atoms with Gasteiger partial charge in [-0.05, 0) is 50.0 Å². The second-order valence-electron chi connectivity index (χ2n) is 4.61. The molecule has 1 radical (unpaired) electrons. The van der Waals surface area contributed by atoms with Gasteiger partial charge in [-0.25, -0.2) is 4.99 Å². The van der Waals surface area contributed by atoms with Crippen molar-refractivity contribution >= 4 is 31.8 Å². The molecule has 99 valence electrons. The highest BCUT2D eigenvalue weighted by Crippen LogP contribution is 2.32. The van der Waals surface area contributed by atoms with E-state index in [-0.39, 0.29) is 1.43 Å². The molecule has 0 atom stereocenters. The lowest BCUT2D eigenvalue weighted by Gasteiger charge is -2.14. The molecule has 0 bridgehead atoms. The Kier molecular flexibility index (Phi) is 4.55. The molecule has 0 aliphatic heterocycles. The Labute approximate surface area is 122 Å². The molecule has 2 nitrogen and oxygen atoms in total. The van der Waals surface area contributed by atoms with Gasteiger partial charge in [0, 0.05) is 4.88 Å². The van der Waals surface area contributed by atoms with Crippen LogP contribution in [0.15, 0.2) is 40.7 Å². The minimum absolute atomic E-state index is 0. The van der Waals surface area contributed by atoms with Crippen LogP contribution in [-0.2, 0) is 0 Å². The van der Waals surface area contributed by atoms with Crippen molar-refractivity contribution in [3.05, 3.63) is 46.2 Å². The maximum Gasteiger partial charge on any atom is 1.00 e. The van der Waals surface area contributed by atoms with Crippen molar-refractivity contribution in [3.63, 3.8) is 0 Å². The Morgan fingerprint density at radius 3 is 2.68 bits per heavy atom. The second-order valence-corrected chi connectivity index (χ2v) is 7.58. The number of aryl methyl sites for hydroxylation is 1. The molecule has 2 aromatic rings. The minimum Gasteiger partial charge on any atom is -0.541 e. The molecular weight excluding hydrogens is 270 g/mol. The molecule has 0 unspecified atom stereocenters. The Bertz CT molecular complexity index is 582. The first kappa shape index (κ1) is 14.0. The number of benzene rings is 1. The van der Waals surface area contributed by atoms with Gasteiger partial charge in [0.15, 0.2) is 0 Å². The van der Waals surface area contributed by atoms with Gasteiger partial charge in [0.1, 0.15) is 11.4 Å². The van der Waals surface area contributed by atoms with Crippen LogP contribution in [-0.4, -0.2) is 14.8 Å². The average molecular weight is 289 g/mol. The van der Waals surface area contributed by atoms with E-state index in [1.54, 1.807) is 11.3 Å². The van der Waals surface area contributed by atoms with Crippen molar-refractivity contribution in [2.24, 2.45) is 4.99 Å². The average Bonchev–Trinajstić information content (AvgIpc) is 2.87. The summed E-state index contributed by atoms with van der Waals surface area (Å²) >= 11 is 1.71. The maximum absolute atomic E-state index is 5.99. The summed E-state index contributed by atoms with van der Waals surface area (Å²) in [7, 11) is -0.786. The van der Waals surface area contributed by atoms with E-state index in [9.17, 15) is 0 Å². The second kappa shape index (κ2) is 6.17. The first-order chi connectivity index (χ1) is 9.08. The third-order valence-electron chi connectivity index (χ3n) is 2.66. The van der Waals surface area contributed by atoms with Crippen LogP contribution in [0.25, 0.3) is 0 Å². The van der Waals surface area contributed by atoms with Crippen molar-refractivity contribution in [1.82, 2.24) is 0 Å². The van der Waals surface area contributed by atoms with Crippen molar-refractivity contribution in [3.8, 4) is 5.75 Å². The van der Waals surface area contributed by atoms with E-state index < -0.39 is 9.04 Å². The van der Waals surface area contributed by atoms with Gasteiger partial charge in [0.05, 0.1) is 5.71 Å². The van der Waals surface area contributed by atoms with Crippen molar-refractivity contribution in [2.45, 2.75) is 26.9 Å². The Morgan fingerprint density at radius 1 is 1.26 bits per heavy atom. The fourth-order valence-electron chi connectivity index (χ4n) is 1.78. The Morgan fingerprint density at radius 2 is 2.05 bits per heavy atom. The van der Waals surface area contributed by atoms with E-state index in [2.05, 4.69) is 37.5 Å². The summed E-state index contributed by atoms with van der Waals surface area (Å²) in [5, 5.41) is 2.07. The molecule has 1 aromatic carbocycles. The minimum atomic E-state index is -0.786. The van der Waals surface area contributed by atoms with Crippen LogP contribution in [0.4, 0.5) is 5.69 Å². The van der Waals surface area contributed by atoms with Gasteiger partial charge in [-0.15, -0.1) is 11.3 Å². The quantitative estimate of drug-likeness (QED) is 0.577. The van der Waals surface area contributed by atoms with Gasteiger partial charge in [-0.3, -0.25) is 0 Å². The lowest BCUT2D eigenvalue weighted by molar-refractivity contribution is 0.577. The first-order valence-electron chi connectivity index (χ1n) is 6.24. The van der Waals surface area contributed by atoms with E-state index in [0.717, 1.165) is 22.7 Å². The fraction of sp³-hybridized carbons (Fsp3) is 0.267. The Balaban J connectivity index is 0.00000200. The smallest absolute Gasteiger partial charge is 0.541 e. The standard InChI is InChI=1S/C15H18NOSSi/c1-11-7-5-8-13(15(11)17-19(3)4)16-12(2)14-9-6-10-18-14/h5-10H,1-4H3/p+1. The van der Waals surface area contributed by atoms with Crippen LogP contribution in [0, 0.1) is 6.92 Å². The van der Waals surface area contributed by atoms with Gasteiger partial charge < -0.3 is 4.43 Å². The van der Waals surface area contributed by atoms with Crippen molar-refractivity contribution in [1.29, 1.82) is 0 Å². The van der Waals surface area contributed by atoms with Crippen LogP contribution in [0.3, 0.4) is 0 Å². The molecule has 2 rings (SSSR count). The van der Waals surface area contributed by atoms with Crippen molar-refractivity contribution < 1.29 is 5.85 Å². The molecule has 19 heavy (non-hydrogen) atoms. The van der Waals surface area contributed by atoms with E-state index in [0.29, 0.717) is 0 Å². The number of thiophene rings is 1. The van der Waals surface area contributed by atoms with Crippen LogP contribution < -0.4 is 4.43 Å². The summed E-state index contributed by atoms with van der Waals surface area (Å²) in [5.41, 5.74) is 3.11. The molecule has 0 N–H and O–H groups in total. The molecular formula is C15H19NOSSi+. The highest BCUT2D eigenvalue weighted by Gasteiger charge is 2.10. The molecule has 0 amide bonds. The van der Waals surface area contributed by atoms with E-state index >= 15 is 0 Å². The number of aliphatic imine (C=N–C) groups is 1. The third-order valence-corrected chi connectivity index (χ3v) is 4.25. The zero-order valence-corrected chi connectivity index (χ0v) is 13.5. The summed E-state index contributed by atoms with van der Waals surface area (Å²) in [5.74, 6) is 0.928. The zero-order chi connectivity index (χ0) is 13.8. The molecule has 0 aliphatic carbocycles. The third kappa shape index (κ3) is 3.55. The number of rotatable bonds is 4. The van der Waals surface area contributed by atoms with E-state index in [4.69, 9.17) is 9.42 Å². The molecule has 0 spiro atoms. The molecule has 0 saturated carbocycles. The van der Waals surface area contributed by atoms with Crippen LogP contribution in [0.2, 0.25) is 13.1 Å². The van der Waals surface area contributed by atoms with Gasteiger partial charge in [0.2, 0.25) is 0 Å². The summed E-state index contributed by atoms with van der Waals surface area (Å²) in [4.78, 5) is 5.93. The predicted molar refractivity (Wildman–Crippen MR) is 86.6 cm³/mol. The SMILES string of the molecule is CC(=Nc1cccc(C)c1O[Si](C)C)c1cccs1.[H+]. The van der Waals surface area contributed by atoms with Gasteiger partial charge in [-0.1, -0.05) is 18.2 Å². The fourth-order valence-corrected chi connectivity index (χ4v) is 3.13. The Hall–Kier alpha value is -1.39. The first-order valence-corrected chi connectivity index (χ1v) is 9.53. The topological polar surface area (TPSA) is 21.6 Å². The summed E-state index contributed by atoms with van der Waals surface area (Å²) in [6.07, 6.45) is 0. The lowest BCUT2D eigenvalue weighted by Crippen LogP contribution is -2.12. The monoisotopic (exact) mass is 289 g/mol. The number of nitrogens with zero attached hydrogens (tertiary/aromatic N) is 1. The lowest BCUT2D eigenvalue weighted by atomic mass is 10.2. The van der Waals surface area contributed by atoms with Crippen LogP contribution in [0.5, 0.6) is 5.75 Å². The normalized spacial score (nSPS) is 11.9. The largest absolute Gasteiger partial charge is 1.00 e. The molecule has 1 heterocycles. The van der Waals surface area contributed by atoms with Crippen LogP contribution >= 0.6 is 11.3 Å². The molecule has 0 fully saturated rings. The van der Waals surface area contributed by atoms with Gasteiger partial charge in [-0.2, -0.15) is 0 Å². The summed E-state index contributed by atoms with van der Waals surface area (Å²) in [6.45, 7) is 8.38. The number of para-hydroxylation sites is 1. The van der Waals surface area contributed by atoms with E-state index in [1.807, 2.05) is 25.1 Å². The molecule has 0 saturated heterocycles. The summed E-state index contributed by atoms with van der Waals surface area (Å²) < 4.78 is 5.99. The highest BCUT2D eigenvalue weighted by molar-refractivity contribution is 7.12. The number of hydrogen-bond acceptors (Lipinski definition) is 3. The maximum atomic E-state index is 5.99. The van der Waals surface area contributed by atoms with Gasteiger partial charge >= 0.3 is 1.43 Å². The molecule has 4 heteroatoms. The predicted octanol–water partition coefficient (Wildman–Crippen LogP) is 4.94. The van der Waals surface area contributed by atoms with E-state index in [1.165, 1.54) is 4.88 Å². The highest BCUT2D eigenvalue weighted by atomic mass is 32.1. The van der Waals surface area contributed by atoms with Gasteiger partial charge in [0.25, 0.3) is 9.04 Å². The molecule has 0 aliphatic rings. The number of hydrogen-bond donors (Lipinski definition) is 0. The van der Waals surface area contributed by atoms with Crippen LogP contribution in [0.1, 0.15) is 18.8 Å². The van der Waals surface area contributed by atoms with Crippen molar-refractivity contribution in [2.75, 3.05) is 0 Å². The molecule has 1 aromatic heterocycles. The summed E-state index contributed by atoms with van der Waals surface area (Å²) in [6, 6.07) is 10.3. The zero-order valence-electron chi connectivity index (χ0n) is 12.7.